The van der Waals surface area contributed by atoms with Crippen LogP contribution >= 0.6 is 0 Å². The summed E-state index contributed by atoms with van der Waals surface area (Å²) in [6.07, 6.45) is 20.5. The van der Waals surface area contributed by atoms with E-state index in [9.17, 15) is 14.7 Å². The zero-order valence-electron chi connectivity index (χ0n) is 20.3. The zero-order valence-corrected chi connectivity index (χ0v) is 20.3. The summed E-state index contributed by atoms with van der Waals surface area (Å²) in [5.74, 6) is -1.21. The Labute approximate surface area is 199 Å². The van der Waals surface area contributed by atoms with Gasteiger partial charge < -0.3 is 10.8 Å². The first-order valence-electron chi connectivity index (χ1n) is 12.6. The van der Waals surface area contributed by atoms with Gasteiger partial charge in [-0.2, -0.15) is 0 Å². The first-order chi connectivity index (χ1) is 16.0. The van der Waals surface area contributed by atoms with Gasteiger partial charge in [0.05, 0.1) is 6.42 Å². The maximum atomic E-state index is 11.9. The number of unbranched alkanes of at least 4 members (excludes halogenated alkanes) is 11. The van der Waals surface area contributed by atoms with Crippen LogP contribution in [0.4, 0.5) is 0 Å². The standard InChI is InChI=1S/C27H43NO5/c1-2-3-4-5-6-7-8-9-10-11-12-13-14-15-16-17-26(30)32-33-27(31)25(28)22-23-18-20-24(29)21-19-23/h9-10,18-21,25,29H,2-8,11-17,22,28H2,1H3/b10-9-. The molecule has 6 nitrogen and oxygen atoms in total. The van der Waals surface area contributed by atoms with Crippen molar-refractivity contribution in [2.24, 2.45) is 5.73 Å². The minimum Gasteiger partial charge on any atom is -0.508 e. The van der Waals surface area contributed by atoms with Crippen LogP contribution in [-0.4, -0.2) is 23.1 Å². The Morgan fingerprint density at radius 3 is 2.00 bits per heavy atom. The van der Waals surface area contributed by atoms with Gasteiger partial charge in [0.15, 0.2) is 0 Å². The Balaban J connectivity index is 1.94. The van der Waals surface area contributed by atoms with Gasteiger partial charge in [-0.15, -0.1) is 0 Å². The molecule has 0 heterocycles. The van der Waals surface area contributed by atoms with Gasteiger partial charge >= 0.3 is 11.9 Å². The molecule has 0 fully saturated rings. The van der Waals surface area contributed by atoms with Crippen molar-refractivity contribution in [1.82, 2.24) is 0 Å². The summed E-state index contributed by atoms with van der Waals surface area (Å²) in [7, 11) is 0. The number of rotatable bonds is 18. The van der Waals surface area contributed by atoms with E-state index in [1.807, 2.05) is 0 Å². The fraction of sp³-hybridized carbons (Fsp3) is 0.630. The molecule has 1 aromatic carbocycles. The maximum Gasteiger partial charge on any atom is 0.372 e. The molecule has 1 unspecified atom stereocenters. The van der Waals surface area contributed by atoms with E-state index >= 15 is 0 Å². The lowest BCUT2D eigenvalue weighted by Gasteiger charge is -2.10. The molecule has 1 rings (SSSR count). The average molecular weight is 462 g/mol. The molecule has 0 amide bonds. The fourth-order valence-electron chi connectivity index (χ4n) is 3.50. The molecule has 0 aliphatic carbocycles. The topological polar surface area (TPSA) is 98.9 Å². The van der Waals surface area contributed by atoms with E-state index in [-0.39, 0.29) is 18.6 Å². The number of phenols is 1. The smallest absolute Gasteiger partial charge is 0.372 e. The van der Waals surface area contributed by atoms with E-state index in [4.69, 9.17) is 5.73 Å². The number of carbonyl (C=O) groups excluding carboxylic acids is 2. The number of hydrogen-bond donors (Lipinski definition) is 2. The second kappa shape index (κ2) is 19.2. The number of nitrogens with two attached hydrogens (primary N) is 1. The summed E-state index contributed by atoms with van der Waals surface area (Å²) in [6, 6.07) is 5.42. The van der Waals surface area contributed by atoms with Crippen LogP contribution in [0.2, 0.25) is 0 Å². The van der Waals surface area contributed by atoms with Crippen molar-refractivity contribution in [2.45, 2.75) is 109 Å². The molecule has 0 saturated heterocycles. The molecule has 3 N–H and O–H groups in total. The molecule has 186 valence electrons. The van der Waals surface area contributed by atoms with E-state index in [1.54, 1.807) is 12.1 Å². The highest BCUT2D eigenvalue weighted by molar-refractivity contribution is 5.77. The molecular formula is C27H43NO5. The Morgan fingerprint density at radius 1 is 0.848 bits per heavy atom. The normalized spacial score (nSPS) is 12.1. The molecule has 1 atom stereocenters. The monoisotopic (exact) mass is 461 g/mol. The number of aromatic hydroxyl groups is 1. The van der Waals surface area contributed by atoms with Gasteiger partial charge in [0, 0.05) is 0 Å². The van der Waals surface area contributed by atoms with Crippen molar-refractivity contribution >= 4 is 11.9 Å². The first-order valence-corrected chi connectivity index (χ1v) is 12.6. The molecule has 33 heavy (non-hydrogen) atoms. The van der Waals surface area contributed by atoms with E-state index in [2.05, 4.69) is 28.9 Å². The lowest BCUT2D eigenvalue weighted by Crippen LogP contribution is -2.34. The SMILES string of the molecule is CCCCCCCC/C=C\CCCCCCCC(=O)OOC(=O)C(N)Cc1ccc(O)cc1. The summed E-state index contributed by atoms with van der Waals surface area (Å²) < 4.78 is 0. The summed E-state index contributed by atoms with van der Waals surface area (Å²) in [6.45, 7) is 2.25. The fourth-order valence-corrected chi connectivity index (χ4v) is 3.50. The Morgan fingerprint density at radius 2 is 1.39 bits per heavy atom. The van der Waals surface area contributed by atoms with Crippen molar-refractivity contribution in [3.05, 3.63) is 42.0 Å². The van der Waals surface area contributed by atoms with Crippen LogP contribution in [0.3, 0.4) is 0 Å². The third kappa shape index (κ3) is 16.0. The number of phenolic OH excluding ortho intramolecular Hbond substituents is 1. The Kier molecular flexibility index (Phi) is 16.7. The summed E-state index contributed by atoms with van der Waals surface area (Å²) in [5.41, 5.74) is 6.55. The second-order valence-corrected chi connectivity index (χ2v) is 8.67. The average Bonchev–Trinajstić information content (AvgIpc) is 2.81. The number of hydrogen-bond acceptors (Lipinski definition) is 6. The van der Waals surface area contributed by atoms with E-state index in [1.165, 1.54) is 63.5 Å². The van der Waals surface area contributed by atoms with Crippen LogP contribution in [-0.2, 0) is 25.8 Å². The van der Waals surface area contributed by atoms with Crippen molar-refractivity contribution in [2.75, 3.05) is 0 Å². The van der Waals surface area contributed by atoms with E-state index in [0.717, 1.165) is 31.2 Å². The third-order valence-electron chi connectivity index (χ3n) is 5.55. The first kappa shape index (κ1) is 28.7. The molecule has 0 bridgehead atoms. The third-order valence-corrected chi connectivity index (χ3v) is 5.55. The number of carbonyl (C=O) groups is 2. The quantitative estimate of drug-likeness (QED) is 0.115. The van der Waals surface area contributed by atoms with E-state index in [0.29, 0.717) is 6.42 Å². The minimum atomic E-state index is -0.942. The lowest BCUT2D eigenvalue weighted by atomic mass is 10.1. The molecular weight excluding hydrogens is 418 g/mol. The highest BCUT2D eigenvalue weighted by atomic mass is 17.2. The molecule has 0 aliphatic rings. The van der Waals surface area contributed by atoms with Gasteiger partial charge in [0.25, 0.3) is 0 Å². The minimum absolute atomic E-state index is 0.138. The largest absolute Gasteiger partial charge is 0.508 e. The Bertz CT molecular complexity index is 672. The Hall–Kier alpha value is -2.34. The molecule has 1 aromatic rings. The van der Waals surface area contributed by atoms with Crippen LogP contribution in [0, 0.1) is 0 Å². The van der Waals surface area contributed by atoms with Crippen molar-refractivity contribution in [3.63, 3.8) is 0 Å². The predicted molar refractivity (Wildman–Crippen MR) is 131 cm³/mol. The van der Waals surface area contributed by atoms with Crippen LogP contribution < -0.4 is 5.73 Å². The number of benzene rings is 1. The molecule has 0 aliphatic heterocycles. The van der Waals surface area contributed by atoms with Crippen LogP contribution in [0.1, 0.15) is 102 Å². The second-order valence-electron chi connectivity index (χ2n) is 8.67. The van der Waals surface area contributed by atoms with Crippen LogP contribution in [0.15, 0.2) is 36.4 Å². The lowest BCUT2D eigenvalue weighted by molar-refractivity contribution is -0.260. The highest BCUT2D eigenvalue weighted by Gasteiger charge is 2.19. The molecule has 6 heteroatoms. The number of allylic oxidation sites excluding steroid dienone is 2. The van der Waals surface area contributed by atoms with Crippen molar-refractivity contribution < 1.29 is 24.5 Å². The van der Waals surface area contributed by atoms with Gasteiger partial charge in [-0.3, -0.25) is 0 Å². The summed E-state index contributed by atoms with van der Waals surface area (Å²) in [4.78, 5) is 32.7. The van der Waals surface area contributed by atoms with Crippen molar-refractivity contribution in [3.8, 4) is 5.75 Å². The van der Waals surface area contributed by atoms with Crippen LogP contribution in [0.25, 0.3) is 0 Å². The molecule has 0 spiro atoms. The molecule has 0 radical (unpaired) electrons. The maximum absolute atomic E-state index is 11.9. The zero-order chi connectivity index (χ0) is 24.2. The van der Waals surface area contributed by atoms with Gasteiger partial charge in [-0.05, 0) is 56.2 Å². The van der Waals surface area contributed by atoms with Crippen molar-refractivity contribution in [1.29, 1.82) is 0 Å². The van der Waals surface area contributed by atoms with E-state index < -0.39 is 18.0 Å². The molecule has 0 aromatic heterocycles. The summed E-state index contributed by atoms with van der Waals surface area (Å²) in [5, 5.41) is 9.27. The van der Waals surface area contributed by atoms with Gasteiger partial charge in [0.2, 0.25) is 0 Å². The van der Waals surface area contributed by atoms with Gasteiger partial charge in [-0.25, -0.2) is 19.4 Å². The predicted octanol–water partition coefficient (Wildman–Crippen LogP) is 6.30. The van der Waals surface area contributed by atoms with Gasteiger partial charge in [-0.1, -0.05) is 82.6 Å². The molecule has 0 saturated carbocycles. The highest BCUT2D eigenvalue weighted by Crippen LogP contribution is 2.12. The van der Waals surface area contributed by atoms with Gasteiger partial charge in [0.1, 0.15) is 11.8 Å². The van der Waals surface area contributed by atoms with Crippen LogP contribution in [0.5, 0.6) is 5.75 Å². The summed E-state index contributed by atoms with van der Waals surface area (Å²) >= 11 is 0.